The summed E-state index contributed by atoms with van der Waals surface area (Å²) in [6, 6.07) is 5.44. The number of benzene rings is 1. The standard InChI is InChI=1S/C22H29FN4O6S/c1-26-11-22(25-14-26)34(30,31)27-10-17(28)12-32-13-20-19(27)6-5-18(33-20)8-21(29)24-9-15-3-2-4-16(23)7-15/h2-4,7,11,14,17-20,28H,5-6,8-10,12-13H2,1H3,(H,24,29)/t17-,18+,19-,20+/m1/s1. The van der Waals surface area contributed by atoms with Gasteiger partial charge in [-0.3, -0.25) is 4.79 Å². The van der Waals surface area contributed by atoms with Crippen LogP contribution in [0.25, 0.3) is 0 Å². The van der Waals surface area contributed by atoms with Crippen molar-refractivity contribution in [3.05, 3.63) is 48.2 Å². The summed E-state index contributed by atoms with van der Waals surface area (Å²) < 4.78 is 54.4. The van der Waals surface area contributed by atoms with Gasteiger partial charge in [0.25, 0.3) is 10.0 Å². The maximum Gasteiger partial charge on any atom is 0.262 e. The van der Waals surface area contributed by atoms with Crippen molar-refractivity contribution in [3.63, 3.8) is 0 Å². The number of rotatable bonds is 6. The summed E-state index contributed by atoms with van der Waals surface area (Å²) in [6.45, 7) is 0.131. The SMILES string of the molecule is Cn1cnc(S(=O)(=O)N2C[C@@H](O)COC[C@@H]3O[C@H](CC(=O)NCc4cccc(F)c4)CC[C@H]32)c1. The van der Waals surface area contributed by atoms with Crippen LogP contribution in [0.4, 0.5) is 4.39 Å². The first-order valence-electron chi connectivity index (χ1n) is 11.1. The molecule has 0 radical (unpaired) electrons. The number of aliphatic hydroxyl groups is 1. The van der Waals surface area contributed by atoms with Gasteiger partial charge >= 0.3 is 0 Å². The van der Waals surface area contributed by atoms with Crippen LogP contribution in [0.2, 0.25) is 0 Å². The molecule has 3 heterocycles. The molecule has 0 saturated carbocycles. The molecule has 2 saturated heterocycles. The van der Waals surface area contributed by atoms with E-state index in [4.69, 9.17) is 9.47 Å². The molecule has 186 valence electrons. The van der Waals surface area contributed by atoms with Gasteiger partial charge in [-0.1, -0.05) is 12.1 Å². The van der Waals surface area contributed by atoms with Crippen LogP contribution >= 0.6 is 0 Å². The Morgan fingerprint density at radius 3 is 2.88 bits per heavy atom. The number of ether oxygens (including phenoxy) is 2. The summed E-state index contributed by atoms with van der Waals surface area (Å²) in [5, 5.41) is 12.9. The molecule has 0 spiro atoms. The highest BCUT2D eigenvalue weighted by Gasteiger charge is 2.43. The second-order valence-corrected chi connectivity index (χ2v) is 10.5. The van der Waals surface area contributed by atoms with Gasteiger partial charge in [-0.2, -0.15) is 4.31 Å². The highest BCUT2D eigenvalue weighted by molar-refractivity contribution is 7.89. The number of aromatic nitrogens is 2. The zero-order valence-electron chi connectivity index (χ0n) is 18.8. The fraction of sp³-hybridized carbons (Fsp3) is 0.545. The van der Waals surface area contributed by atoms with E-state index in [1.165, 1.54) is 29.0 Å². The predicted molar refractivity (Wildman–Crippen MR) is 118 cm³/mol. The molecule has 0 bridgehead atoms. The predicted octanol–water partition coefficient (Wildman–Crippen LogP) is 0.564. The van der Waals surface area contributed by atoms with Crippen LogP contribution in [0.3, 0.4) is 0 Å². The van der Waals surface area contributed by atoms with Crippen LogP contribution in [0.5, 0.6) is 0 Å². The minimum absolute atomic E-state index is 0.0282. The van der Waals surface area contributed by atoms with Crippen LogP contribution in [0.15, 0.2) is 41.8 Å². The van der Waals surface area contributed by atoms with Crippen molar-refractivity contribution in [2.75, 3.05) is 19.8 Å². The number of carbonyl (C=O) groups excluding carboxylic acids is 1. The lowest BCUT2D eigenvalue weighted by Gasteiger charge is -2.43. The largest absolute Gasteiger partial charge is 0.389 e. The molecular formula is C22H29FN4O6S. The van der Waals surface area contributed by atoms with Gasteiger partial charge in [-0.25, -0.2) is 17.8 Å². The Balaban J connectivity index is 1.41. The number of β-amino-alcohol motifs (C(OH)–C–C–N with tert-alkyl or cyclic N) is 1. The molecule has 2 fully saturated rings. The van der Waals surface area contributed by atoms with Gasteiger partial charge in [0, 0.05) is 26.3 Å². The third-order valence-electron chi connectivity index (χ3n) is 5.98. The maximum atomic E-state index is 13.3. The molecule has 1 amide bonds. The first-order valence-corrected chi connectivity index (χ1v) is 12.6. The summed E-state index contributed by atoms with van der Waals surface area (Å²) in [5.41, 5.74) is 0.653. The molecule has 2 aliphatic rings. The lowest BCUT2D eigenvalue weighted by atomic mass is 9.96. The van der Waals surface area contributed by atoms with Crippen molar-refractivity contribution in [2.45, 2.75) is 55.2 Å². The summed E-state index contributed by atoms with van der Waals surface area (Å²) in [6.07, 6.45) is 1.82. The number of nitrogens with zero attached hydrogens (tertiary/aromatic N) is 3. The van der Waals surface area contributed by atoms with Crippen molar-refractivity contribution in [3.8, 4) is 0 Å². The Hall–Kier alpha value is -2.38. The van der Waals surface area contributed by atoms with E-state index < -0.39 is 34.4 Å². The third-order valence-corrected chi connectivity index (χ3v) is 7.76. The van der Waals surface area contributed by atoms with Crippen LogP contribution in [-0.4, -0.2) is 77.4 Å². The molecule has 1 aromatic heterocycles. The molecule has 0 unspecified atom stereocenters. The zero-order chi connectivity index (χ0) is 24.3. The van der Waals surface area contributed by atoms with Gasteiger partial charge in [0.1, 0.15) is 5.82 Å². The maximum absolute atomic E-state index is 13.3. The van der Waals surface area contributed by atoms with Gasteiger partial charge < -0.3 is 24.5 Å². The number of aliphatic hydroxyl groups excluding tert-OH is 1. The van der Waals surface area contributed by atoms with Gasteiger partial charge in [-0.15, -0.1) is 0 Å². The van der Waals surface area contributed by atoms with E-state index in [0.717, 1.165) is 0 Å². The number of sulfonamides is 1. The van der Waals surface area contributed by atoms with E-state index in [1.807, 2.05) is 0 Å². The average Bonchev–Trinajstić information content (AvgIpc) is 3.22. The van der Waals surface area contributed by atoms with Crippen molar-refractivity contribution < 1.29 is 32.2 Å². The van der Waals surface area contributed by atoms with E-state index in [9.17, 15) is 22.7 Å². The molecule has 0 aliphatic carbocycles. The number of aryl methyl sites for hydroxylation is 1. The molecule has 4 atom stereocenters. The number of hydrogen-bond acceptors (Lipinski definition) is 7. The number of nitrogens with one attached hydrogen (secondary N) is 1. The van der Waals surface area contributed by atoms with Crippen molar-refractivity contribution in [1.82, 2.24) is 19.2 Å². The van der Waals surface area contributed by atoms with Gasteiger partial charge in [-0.05, 0) is 30.5 Å². The lowest BCUT2D eigenvalue weighted by molar-refractivity contribution is -0.146. The minimum atomic E-state index is -3.97. The van der Waals surface area contributed by atoms with Gasteiger partial charge in [0.15, 0.2) is 5.03 Å². The van der Waals surface area contributed by atoms with Crippen LogP contribution < -0.4 is 5.32 Å². The fourth-order valence-corrected chi connectivity index (χ4v) is 6.03. The van der Waals surface area contributed by atoms with Crippen molar-refractivity contribution in [1.29, 1.82) is 0 Å². The molecule has 10 nitrogen and oxygen atoms in total. The Morgan fingerprint density at radius 1 is 1.32 bits per heavy atom. The number of halogens is 1. The van der Waals surface area contributed by atoms with Gasteiger partial charge in [0.2, 0.25) is 5.91 Å². The quantitative estimate of drug-likeness (QED) is 0.599. The second kappa shape index (κ2) is 10.5. The Morgan fingerprint density at radius 2 is 2.15 bits per heavy atom. The van der Waals surface area contributed by atoms with Crippen LogP contribution in [0.1, 0.15) is 24.8 Å². The topological polar surface area (TPSA) is 123 Å². The Bertz CT molecular complexity index is 1110. The van der Waals surface area contributed by atoms with E-state index in [0.29, 0.717) is 18.4 Å². The lowest BCUT2D eigenvalue weighted by Crippen LogP contribution is -2.57. The molecular weight excluding hydrogens is 467 g/mol. The molecule has 4 rings (SSSR count). The monoisotopic (exact) mass is 496 g/mol. The summed E-state index contributed by atoms with van der Waals surface area (Å²) >= 11 is 0. The van der Waals surface area contributed by atoms with E-state index >= 15 is 0 Å². The summed E-state index contributed by atoms with van der Waals surface area (Å²) in [4.78, 5) is 16.4. The molecule has 2 aliphatic heterocycles. The van der Waals surface area contributed by atoms with E-state index in [2.05, 4.69) is 10.3 Å². The van der Waals surface area contributed by atoms with Crippen LogP contribution in [-0.2, 0) is 37.9 Å². The Kier molecular flexibility index (Phi) is 7.63. The number of hydrogen-bond donors (Lipinski definition) is 2. The van der Waals surface area contributed by atoms with E-state index in [1.54, 1.807) is 23.7 Å². The van der Waals surface area contributed by atoms with Gasteiger partial charge in [0.05, 0.1) is 50.3 Å². The molecule has 34 heavy (non-hydrogen) atoms. The van der Waals surface area contributed by atoms with Crippen LogP contribution in [0, 0.1) is 5.82 Å². The minimum Gasteiger partial charge on any atom is -0.389 e. The second-order valence-electron chi connectivity index (χ2n) is 8.70. The highest BCUT2D eigenvalue weighted by atomic mass is 32.2. The highest BCUT2D eigenvalue weighted by Crippen LogP contribution is 2.31. The normalized spacial score (nSPS) is 26.3. The first-order chi connectivity index (χ1) is 16.2. The smallest absolute Gasteiger partial charge is 0.262 e. The average molecular weight is 497 g/mol. The summed E-state index contributed by atoms with van der Waals surface area (Å²) in [5.74, 6) is -0.610. The first kappa shape index (κ1) is 24.7. The number of amides is 1. The molecule has 1 aromatic carbocycles. The summed E-state index contributed by atoms with van der Waals surface area (Å²) in [7, 11) is -2.29. The number of fused-ring (bicyclic) bond motifs is 1. The third kappa shape index (κ3) is 5.81. The van der Waals surface area contributed by atoms with Crippen molar-refractivity contribution in [2.24, 2.45) is 7.05 Å². The molecule has 2 aromatic rings. The molecule has 12 heteroatoms. The Labute approximate surface area is 197 Å². The fourth-order valence-electron chi connectivity index (χ4n) is 4.34. The number of imidazole rings is 1. The van der Waals surface area contributed by atoms with E-state index in [-0.39, 0.29) is 49.5 Å². The number of carbonyl (C=O) groups is 1. The van der Waals surface area contributed by atoms with Crippen molar-refractivity contribution >= 4 is 15.9 Å². The molecule has 2 N–H and O–H groups in total. The zero-order valence-corrected chi connectivity index (χ0v) is 19.7.